The summed E-state index contributed by atoms with van der Waals surface area (Å²) in [6, 6.07) is 3.99. The van der Waals surface area contributed by atoms with Crippen LogP contribution in [-0.2, 0) is 11.3 Å². The van der Waals surface area contributed by atoms with Crippen LogP contribution in [0.3, 0.4) is 0 Å². The maximum Gasteiger partial charge on any atom is 0.319 e. The van der Waals surface area contributed by atoms with Gasteiger partial charge < -0.3 is 20.3 Å². The lowest BCUT2D eigenvalue weighted by Gasteiger charge is -2.29. The molecule has 2 aliphatic rings. The van der Waals surface area contributed by atoms with E-state index in [4.69, 9.17) is 4.74 Å². The Balaban J connectivity index is 1.44. The first kappa shape index (κ1) is 17.7. The molecule has 3 heterocycles. The fraction of sp³-hybridized carbons (Fsp3) is 0.500. The number of hydrogen-bond acceptors (Lipinski definition) is 5. The summed E-state index contributed by atoms with van der Waals surface area (Å²) in [6.07, 6.45) is 1.72. The highest BCUT2D eigenvalue weighted by Gasteiger charge is 2.25. The minimum Gasteiger partial charge on any atom is -0.378 e. The Hall–Kier alpha value is -2.68. The van der Waals surface area contributed by atoms with E-state index in [0.29, 0.717) is 37.8 Å². The second-order valence-electron chi connectivity index (χ2n) is 6.83. The van der Waals surface area contributed by atoms with Gasteiger partial charge in [0.15, 0.2) is 0 Å². The van der Waals surface area contributed by atoms with Crippen molar-refractivity contribution in [3.63, 3.8) is 0 Å². The van der Waals surface area contributed by atoms with Gasteiger partial charge in [0.2, 0.25) is 0 Å². The fourth-order valence-corrected chi connectivity index (χ4v) is 3.58. The molecule has 8 nitrogen and oxygen atoms in total. The normalized spacial score (nSPS) is 19.5. The molecule has 2 N–H and O–H groups in total. The predicted molar refractivity (Wildman–Crippen MR) is 98.3 cm³/mol. The third kappa shape index (κ3) is 4.02. The van der Waals surface area contributed by atoms with E-state index < -0.39 is 0 Å². The Morgan fingerprint density at radius 1 is 1.26 bits per heavy atom. The zero-order valence-corrected chi connectivity index (χ0v) is 15.2. The Bertz CT molecular complexity index is 833. The number of nitrogens with one attached hydrogen (secondary N) is 2. The van der Waals surface area contributed by atoms with Crippen molar-refractivity contribution in [2.45, 2.75) is 32.4 Å². The van der Waals surface area contributed by atoms with Crippen molar-refractivity contribution in [3.8, 4) is 0 Å². The van der Waals surface area contributed by atoms with Crippen LogP contribution in [0.4, 0.5) is 20.6 Å². The van der Waals surface area contributed by atoms with Gasteiger partial charge in [0.05, 0.1) is 19.3 Å². The molecule has 4 rings (SSSR count). The van der Waals surface area contributed by atoms with Gasteiger partial charge in [-0.25, -0.2) is 18.9 Å². The van der Waals surface area contributed by atoms with Gasteiger partial charge in [-0.3, -0.25) is 0 Å². The Morgan fingerprint density at radius 3 is 2.89 bits per heavy atom. The standard InChI is InChI=1S/C18H23FN6O2/c1-12-20-17-16(3-2-4-25(17)23-12)22-18(26)21-14-9-13(19)10-15(11-14)24-5-7-27-8-6-24/h9-11,16H,2-8H2,1H3,(H2,21,22,26). The maximum absolute atomic E-state index is 14.0. The van der Waals surface area contributed by atoms with Crippen molar-refractivity contribution in [1.82, 2.24) is 20.1 Å². The molecule has 144 valence electrons. The number of fused-ring (bicyclic) bond motifs is 1. The second kappa shape index (κ2) is 7.51. The second-order valence-corrected chi connectivity index (χ2v) is 6.83. The summed E-state index contributed by atoms with van der Waals surface area (Å²) >= 11 is 0. The molecule has 1 aromatic carbocycles. The molecule has 1 fully saturated rings. The molecule has 0 aliphatic carbocycles. The molecule has 1 saturated heterocycles. The lowest BCUT2D eigenvalue weighted by molar-refractivity contribution is 0.122. The first-order valence-corrected chi connectivity index (χ1v) is 9.20. The van der Waals surface area contributed by atoms with Gasteiger partial charge in [-0.1, -0.05) is 0 Å². The van der Waals surface area contributed by atoms with E-state index in [0.717, 1.165) is 30.9 Å². The van der Waals surface area contributed by atoms with Crippen LogP contribution < -0.4 is 15.5 Å². The largest absolute Gasteiger partial charge is 0.378 e. The van der Waals surface area contributed by atoms with E-state index in [1.165, 1.54) is 12.1 Å². The van der Waals surface area contributed by atoms with Crippen molar-refractivity contribution in [1.29, 1.82) is 0 Å². The molecular weight excluding hydrogens is 351 g/mol. The molecule has 1 aromatic heterocycles. The Labute approximate surface area is 156 Å². The van der Waals surface area contributed by atoms with Crippen LogP contribution in [0.1, 0.15) is 30.5 Å². The van der Waals surface area contributed by atoms with Gasteiger partial charge in [0.1, 0.15) is 17.5 Å². The highest BCUT2D eigenvalue weighted by Crippen LogP contribution is 2.25. The summed E-state index contributed by atoms with van der Waals surface area (Å²) in [7, 11) is 0. The number of urea groups is 1. The van der Waals surface area contributed by atoms with Crippen molar-refractivity contribution in [3.05, 3.63) is 35.7 Å². The average Bonchev–Trinajstić information content (AvgIpc) is 3.03. The van der Waals surface area contributed by atoms with Gasteiger partial charge in [-0.15, -0.1) is 0 Å². The van der Waals surface area contributed by atoms with E-state index in [-0.39, 0.29) is 17.9 Å². The van der Waals surface area contributed by atoms with Gasteiger partial charge in [0.25, 0.3) is 0 Å². The highest BCUT2D eigenvalue weighted by molar-refractivity contribution is 5.90. The topological polar surface area (TPSA) is 84.3 Å². The highest BCUT2D eigenvalue weighted by atomic mass is 19.1. The molecule has 0 bridgehead atoms. The minimum absolute atomic E-state index is 0.202. The number of rotatable bonds is 3. The van der Waals surface area contributed by atoms with Gasteiger partial charge in [-0.2, -0.15) is 5.10 Å². The smallest absolute Gasteiger partial charge is 0.319 e. The first-order chi connectivity index (χ1) is 13.1. The summed E-state index contributed by atoms with van der Waals surface area (Å²) < 4.78 is 21.2. The van der Waals surface area contributed by atoms with E-state index in [1.54, 1.807) is 6.07 Å². The van der Waals surface area contributed by atoms with Gasteiger partial charge in [-0.05, 0) is 38.0 Å². The number of hydrogen-bond donors (Lipinski definition) is 2. The van der Waals surface area contributed by atoms with Crippen molar-refractivity contribution in [2.75, 3.05) is 36.5 Å². The number of carbonyl (C=O) groups is 1. The number of aryl methyl sites for hydroxylation is 2. The Morgan fingerprint density at radius 2 is 2.07 bits per heavy atom. The third-order valence-corrected chi connectivity index (χ3v) is 4.80. The number of ether oxygens (including phenoxy) is 1. The van der Waals surface area contributed by atoms with Crippen molar-refractivity contribution in [2.24, 2.45) is 0 Å². The number of carbonyl (C=O) groups excluding carboxylic acids is 1. The summed E-state index contributed by atoms with van der Waals surface area (Å²) in [4.78, 5) is 18.9. The van der Waals surface area contributed by atoms with Crippen LogP contribution in [0.5, 0.6) is 0 Å². The molecule has 0 saturated carbocycles. The summed E-state index contributed by atoms with van der Waals surface area (Å²) in [5.41, 5.74) is 1.16. The van der Waals surface area contributed by atoms with Crippen molar-refractivity contribution >= 4 is 17.4 Å². The summed E-state index contributed by atoms with van der Waals surface area (Å²) in [6.45, 7) is 5.27. The lowest BCUT2D eigenvalue weighted by atomic mass is 10.1. The molecule has 9 heteroatoms. The van der Waals surface area contributed by atoms with Crippen LogP contribution >= 0.6 is 0 Å². The van der Waals surface area contributed by atoms with E-state index in [1.807, 2.05) is 16.5 Å². The maximum atomic E-state index is 14.0. The predicted octanol–water partition coefficient (Wildman–Crippen LogP) is 2.22. The number of halogens is 1. The minimum atomic E-state index is -0.387. The zero-order chi connectivity index (χ0) is 18.8. The first-order valence-electron chi connectivity index (χ1n) is 9.20. The van der Waals surface area contributed by atoms with Crippen LogP contribution in [0.25, 0.3) is 0 Å². The molecule has 1 unspecified atom stereocenters. The molecule has 2 amide bonds. The molecule has 0 spiro atoms. The summed E-state index contributed by atoms with van der Waals surface area (Å²) in [5, 5.41) is 10.0. The van der Waals surface area contributed by atoms with Gasteiger partial charge in [0, 0.05) is 31.0 Å². The molecule has 1 atom stereocenters. The summed E-state index contributed by atoms with van der Waals surface area (Å²) in [5.74, 6) is 1.07. The van der Waals surface area contributed by atoms with Crippen LogP contribution in [0, 0.1) is 12.7 Å². The molecular formula is C18H23FN6O2. The monoisotopic (exact) mass is 374 g/mol. The number of nitrogens with zero attached hydrogens (tertiary/aromatic N) is 4. The number of morpholine rings is 1. The molecule has 2 aliphatic heterocycles. The van der Waals surface area contributed by atoms with Crippen LogP contribution in [-0.4, -0.2) is 47.1 Å². The SMILES string of the molecule is Cc1nc2n(n1)CCCC2NC(=O)Nc1cc(F)cc(N2CCOCC2)c1. The van der Waals surface area contributed by atoms with Gasteiger partial charge >= 0.3 is 6.03 Å². The number of aromatic nitrogens is 3. The zero-order valence-electron chi connectivity index (χ0n) is 15.2. The Kier molecular flexibility index (Phi) is 4.93. The lowest BCUT2D eigenvalue weighted by Crippen LogP contribution is -2.37. The van der Waals surface area contributed by atoms with Crippen LogP contribution in [0.2, 0.25) is 0 Å². The molecule has 0 radical (unpaired) electrons. The van der Waals surface area contributed by atoms with E-state index in [2.05, 4.69) is 20.7 Å². The third-order valence-electron chi connectivity index (χ3n) is 4.80. The average molecular weight is 374 g/mol. The number of benzene rings is 1. The number of anilines is 2. The van der Waals surface area contributed by atoms with Crippen molar-refractivity contribution < 1.29 is 13.9 Å². The van der Waals surface area contributed by atoms with E-state index >= 15 is 0 Å². The quantitative estimate of drug-likeness (QED) is 0.861. The fourth-order valence-electron chi connectivity index (χ4n) is 3.58. The van der Waals surface area contributed by atoms with Crippen LogP contribution in [0.15, 0.2) is 18.2 Å². The molecule has 27 heavy (non-hydrogen) atoms. The molecule has 2 aromatic rings. The van der Waals surface area contributed by atoms with E-state index in [9.17, 15) is 9.18 Å². The number of amides is 2.